The molecule has 0 atom stereocenters. The fourth-order valence-electron chi connectivity index (χ4n) is 1.61. The summed E-state index contributed by atoms with van der Waals surface area (Å²) in [5.74, 6) is -1.65. The second-order valence-corrected chi connectivity index (χ2v) is 3.32. The number of carboxylic acid groups (broad SMARTS) is 1. The van der Waals surface area contributed by atoms with E-state index < -0.39 is 11.7 Å². The summed E-state index contributed by atoms with van der Waals surface area (Å²) >= 11 is 0. The van der Waals surface area contributed by atoms with Crippen molar-refractivity contribution in [3.05, 3.63) is 27.2 Å². The number of aromatic nitrogens is 1. The van der Waals surface area contributed by atoms with Crippen molar-refractivity contribution in [1.82, 2.24) is 4.57 Å². The van der Waals surface area contributed by atoms with Gasteiger partial charge in [-0.1, -0.05) is 6.92 Å². The van der Waals surface area contributed by atoms with E-state index in [0.29, 0.717) is 12.1 Å². The zero-order valence-corrected chi connectivity index (χ0v) is 8.87. The van der Waals surface area contributed by atoms with Crippen molar-refractivity contribution in [2.24, 2.45) is 7.05 Å². The quantitative estimate of drug-likeness (QED) is 0.753. The summed E-state index contributed by atoms with van der Waals surface area (Å²) in [5.41, 5.74) is -0.158. The Kier molecular flexibility index (Phi) is 2.83. The van der Waals surface area contributed by atoms with Crippen LogP contribution in [0.2, 0.25) is 0 Å². The molecule has 0 radical (unpaired) electrons. The monoisotopic (exact) mass is 211 g/mol. The molecule has 0 saturated carbocycles. The molecule has 82 valence electrons. The number of hydrogen-bond acceptors (Lipinski definition) is 3. The van der Waals surface area contributed by atoms with Gasteiger partial charge in [0.15, 0.2) is 0 Å². The van der Waals surface area contributed by atoms with Gasteiger partial charge in [0.1, 0.15) is 11.3 Å². The van der Waals surface area contributed by atoms with Crippen LogP contribution in [0.1, 0.15) is 28.5 Å². The highest BCUT2D eigenvalue weighted by Gasteiger charge is 2.21. The standard InChI is InChI=1S/C10H13NO4/c1-4-6-7(10(14)15)8(12)5(2)9(13)11(6)3/h12H,4H2,1-3H3,(H,14,15). The molecule has 0 fully saturated rings. The van der Waals surface area contributed by atoms with Gasteiger partial charge in [0.05, 0.1) is 5.56 Å². The summed E-state index contributed by atoms with van der Waals surface area (Å²) in [6, 6.07) is 0. The molecule has 0 unspecified atom stereocenters. The molecule has 0 bridgehead atoms. The van der Waals surface area contributed by atoms with Gasteiger partial charge >= 0.3 is 5.97 Å². The van der Waals surface area contributed by atoms with Crippen LogP contribution in [-0.4, -0.2) is 20.7 Å². The fraction of sp³-hybridized carbons (Fsp3) is 0.400. The largest absolute Gasteiger partial charge is 0.506 e. The average molecular weight is 211 g/mol. The number of aromatic hydroxyl groups is 1. The molecule has 0 aromatic carbocycles. The minimum absolute atomic E-state index is 0.0621. The van der Waals surface area contributed by atoms with Crippen LogP contribution in [0, 0.1) is 6.92 Å². The van der Waals surface area contributed by atoms with E-state index in [0.717, 1.165) is 0 Å². The van der Waals surface area contributed by atoms with Crippen molar-refractivity contribution in [2.75, 3.05) is 0 Å². The lowest BCUT2D eigenvalue weighted by Crippen LogP contribution is -2.25. The molecular weight excluding hydrogens is 198 g/mol. The number of rotatable bonds is 2. The molecule has 1 aromatic heterocycles. The first-order valence-corrected chi connectivity index (χ1v) is 4.56. The van der Waals surface area contributed by atoms with E-state index in [1.807, 2.05) is 0 Å². The Morgan fingerprint density at radius 2 is 2.00 bits per heavy atom. The van der Waals surface area contributed by atoms with Gasteiger partial charge in [0, 0.05) is 12.7 Å². The van der Waals surface area contributed by atoms with Gasteiger partial charge in [-0.3, -0.25) is 4.79 Å². The van der Waals surface area contributed by atoms with Crippen LogP contribution >= 0.6 is 0 Å². The first-order valence-electron chi connectivity index (χ1n) is 4.56. The zero-order chi connectivity index (χ0) is 11.7. The molecule has 0 aliphatic carbocycles. The van der Waals surface area contributed by atoms with E-state index in [-0.39, 0.29) is 16.7 Å². The van der Waals surface area contributed by atoms with E-state index in [1.54, 1.807) is 6.92 Å². The van der Waals surface area contributed by atoms with Crippen molar-refractivity contribution in [2.45, 2.75) is 20.3 Å². The predicted molar refractivity (Wildman–Crippen MR) is 54.4 cm³/mol. The molecule has 0 amide bonds. The number of pyridine rings is 1. The lowest BCUT2D eigenvalue weighted by atomic mass is 10.1. The lowest BCUT2D eigenvalue weighted by Gasteiger charge is -2.13. The van der Waals surface area contributed by atoms with E-state index in [1.165, 1.54) is 18.5 Å². The minimum atomic E-state index is -1.22. The van der Waals surface area contributed by atoms with Gasteiger partial charge in [0.25, 0.3) is 5.56 Å². The second kappa shape index (κ2) is 3.76. The number of carboxylic acids is 1. The maximum Gasteiger partial charge on any atom is 0.341 e. The van der Waals surface area contributed by atoms with Gasteiger partial charge < -0.3 is 14.8 Å². The number of aromatic carboxylic acids is 1. The highest BCUT2D eigenvalue weighted by atomic mass is 16.4. The van der Waals surface area contributed by atoms with Crippen molar-refractivity contribution in [3.63, 3.8) is 0 Å². The third-order valence-corrected chi connectivity index (χ3v) is 2.46. The van der Waals surface area contributed by atoms with Crippen LogP contribution in [0.4, 0.5) is 0 Å². The molecule has 15 heavy (non-hydrogen) atoms. The summed E-state index contributed by atoms with van der Waals surface area (Å²) < 4.78 is 1.26. The summed E-state index contributed by atoms with van der Waals surface area (Å²) in [4.78, 5) is 22.5. The summed E-state index contributed by atoms with van der Waals surface area (Å²) in [7, 11) is 1.50. The van der Waals surface area contributed by atoms with Crippen molar-refractivity contribution < 1.29 is 15.0 Å². The fourth-order valence-corrected chi connectivity index (χ4v) is 1.61. The molecule has 0 saturated heterocycles. The van der Waals surface area contributed by atoms with Gasteiger partial charge in [-0.25, -0.2) is 4.79 Å². The second-order valence-electron chi connectivity index (χ2n) is 3.32. The molecule has 1 rings (SSSR count). The van der Waals surface area contributed by atoms with Gasteiger partial charge in [-0.05, 0) is 13.3 Å². The van der Waals surface area contributed by atoms with Crippen LogP contribution in [0.3, 0.4) is 0 Å². The third kappa shape index (κ3) is 1.60. The van der Waals surface area contributed by atoms with Crippen LogP contribution in [0.5, 0.6) is 5.75 Å². The van der Waals surface area contributed by atoms with E-state index in [9.17, 15) is 14.7 Å². The van der Waals surface area contributed by atoms with E-state index in [2.05, 4.69) is 0 Å². The molecule has 0 aliphatic rings. The SMILES string of the molecule is CCc1c(C(=O)O)c(O)c(C)c(=O)n1C. The van der Waals surface area contributed by atoms with Crippen LogP contribution in [0.15, 0.2) is 4.79 Å². The average Bonchev–Trinajstić information content (AvgIpc) is 2.19. The normalized spacial score (nSPS) is 10.3. The molecular formula is C10H13NO4. The molecule has 1 heterocycles. The Bertz CT molecular complexity index is 473. The minimum Gasteiger partial charge on any atom is -0.506 e. The number of nitrogens with zero attached hydrogens (tertiary/aromatic N) is 1. The van der Waals surface area contributed by atoms with Crippen LogP contribution in [-0.2, 0) is 13.5 Å². The molecule has 0 spiro atoms. The Morgan fingerprint density at radius 1 is 1.47 bits per heavy atom. The van der Waals surface area contributed by atoms with E-state index >= 15 is 0 Å². The maximum atomic E-state index is 11.6. The maximum absolute atomic E-state index is 11.6. The first kappa shape index (κ1) is 11.3. The van der Waals surface area contributed by atoms with Crippen molar-refractivity contribution >= 4 is 5.97 Å². The Balaban J connectivity index is 3.78. The number of carbonyl (C=O) groups is 1. The predicted octanol–water partition coefficient (Wildman–Crippen LogP) is 0.660. The van der Waals surface area contributed by atoms with Crippen LogP contribution in [0.25, 0.3) is 0 Å². The van der Waals surface area contributed by atoms with E-state index in [4.69, 9.17) is 5.11 Å². The van der Waals surface area contributed by atoms with Crippen molar-refractivity contribution in [1.29, 1.82) is 0 Å². The molecule has 1 aromatic rings. The topological polar surface area (TPSA) is 79.5 Å². The third-order valence-electron chi connectivity index (χ3n) is 2.46. The smallest absolute Gasteiger partial charge is 0.341 e. The Labute approximate surface area is 86.6 Å². The lowest BCUT2D eigenvalue weighted by molar-refractivity contribution is 0.0691. The van der Waals surface area contributed by atoms with Gasteiger partial charge in [-0.15, -0.1) is 0 Å². The molecule has 5 heteroatoms. The summed E-state index contributed by atoms with van der Waals surface area (Å²) in [5, 5.41) is 18.5. The van der Waals surface area contributed by atoms with Crippen LogP contribution < -0.4 is 5.56 Å². The number of hydrogen-bond donors (Lipinski definition) is 2. The van der Waals surface area contributed by atoms with Gasteiger partial charge in [0.2, 0.25) is 0 Å². The van der Waals surface area contributed by atoms with Crippen molar-refractivity contribution in [3.8, 4) is 5.75 Å². The highest BCUT2D eigenvalue weighted by molar-refractivity contribution is 5.92. The molecule has 2 N–H and O–H groups in total. The Morgan fingerprint density at radius 3 is 2.40 bits per heavy atom. The zero-order valence-electron chi connectivity index (χ0n) is 8.87. The van der Waals surface area contributed by atoms with Gasteiger partial charge in [-0.2, -0.15) is 0 Å². The molecule has 0 aliphatic heterocycles. The highest BCUT2D eigenvalue weighted by Crippen LogP contribution is 2.22. The summed E-state index contributed by atoms with van der Waals surface area (Å²) in [6.45, 7) is 3.14. The Hall–Kier alpha value is -1.78. The first-order chi connectivity index (χ1) is 6.91. The summed E-state index contributed by atoms with van der Waals surface area (Å²) in [6.07, 6.45) is 0.376. The molecule has 5 nitrogen and oxygen atoms in total.